The fraction of sp³-hybridized carbons (Fsp3) is 0.462. The Bertz CT molecular complexity index is 528. The summed E-state index contributed by atoms with van der Waals surface area (Å²) in [6.07, 6.45) is 1.48. The number of benzene rings is 1. The molecule has 7 heteroatoms. The molecule has 0 fully saturated rings. The van der Waals surface area contributed by atoms with Gasteiger partial charge in [-0.1, -0.05) is 13.8 Å². The molecule has 1 N–H and O–H groups in total. The Morgan fingerprint density at radius 2 is 1.60 bits per heavy atom. The van der Waals surface area contributed by atoms with Crippen molar-refractivity contribution in [2.75, 3.05) is 13.1 Å². The topological polar surface area (TPSA) is 74.7 Å². The first-order valence-corrected chi connectivity index (χ1v) is 7.71. The van der Waals surface area contributed by atoms with E-state index in [1.165, 1.54) is 28.6 Å². The molecule has 0 aliphatic rings. The molecular formula is C13H20KNO4S. The van der Waals surface area contributed by atoms with Crippen molar-refractivity contribution in [2.24, 2.45) is 0 Å². The molecule has 0 aliphatic heterocycles. The van der Waals surface area contributed by atoms with E-state index in [1.54, 1.807) is 0 Å². The molecule has 5 nitrogen and oxygen atoms in total. The van der Waals surface area contributed by atoms with Crippen molar-refractivity contribution in [1.29, 1.82) is 0 Å². The Kier molecular flexibility index (Phi) is 9.40. The van der Waals surface area contributed by atoms with Gasteiger partial charge in [-0.2, -0.15) is 4.31 Å². The van der Waals surface area contributed by atoms with Gasteiger partial charge >= 0.3 is 57.4 Å². The van der Waals surface area contributed by atoms with Crippen molar-refractivity contribution in [2.45, 2.75) is 31.6 Å². The van der Waals surface area contributed by atoms with Crippen molar-refractivity contribution in [3.05, 3.63) is 29.8 Å². The van der Waals surface area contributed by atoms with Crippen LogP contribution in [0.2, 0.25) is 0 Å². The Morgan fingerprint density at radius 3 is 1.95 bits per heavy atom. The number of hydrogen-bond acceptors (Lipinski definition) is 3. The monoisotopic (exact) mass is 325 g/mol. The first-order valence-electron chi connectivity index (χ1n) is 6.27. The number of nitrogens with zero attached hydrogens (tertiary/aromatic N) is 1. The van der Waals surface area contributed by atoms with Gasteiger partial charge in [0.1, 0.15) is 0 Å². The quantitative estimate of drug-likeness (QED) is 0.674. The maximum Gasteiger partial charge on any atom is 1.00 e. The first kappa shape index (κ1) is 20.2. The Morgan fingerprint density at radius 1 is 1.15 bits per heavy atom. The second-order valence-electron chi connectivity index (χ2n) is 4.23. The largest absolute Gasteiger partial charge is 1.00 e. The molecule has 0 bridgehead atoms. The van der Waals surface area contributed by atoms with E-state index in [9.17, 15) is 13.2 Å². The van der Waals surface area contributed by atoms with Crippen LogP contribution in [0.1, 0.15) is 38.5 Å². The van der Waals surface area contributed by atoms with Crippen molar-refractivity contribution in [3.63, 3.8) is 0 Å². The van der Waals surface area contributed by atoms with Gasteiger partial charge < -0.3 is 6.53 Å². The molecule has 0 amide bonds. The minimum Gasteiger partial charge on any atom is -1.00 e. The maximum atomic E-state index is 12.4. The number of rotatable bonds is 7. The summed E-state index contributed by atoms with van der Waals surface area (Å²) in [5, 5.41) is 8.80. The number of carboxylic acid groups (broad SMARTS) is 1. The van der Waals surface area contributed by atoms with E-state index < -0.39 is 16.0 Å². The molecule has 0 radical (unpaired) electrons. The zero-order valence-electron chi connectivity index (χ0n) is 13.2. The Hall–Kier alpha value is 0.236. The van der Waals surface area contributed by atoms with Crippen LogP contribution in [0.3, 0.4) is 0 Å². The molecule has 0 atom stereocenters. The van der Waals surface area contributed by atoms with Crippen molar-refractivity contribution >= 4 is 16.0 Å². The fourth-order valence-electron chi connectivity index (χ4n) is 1.77. The molecule has 0 unspecified atom stereocenters. The predicted molar refractivity (Wildman–Crippen MR) is 73.9 cm³/mol. The summed E-state index contributed by atoms with van der Waals surface area (Å²) in [5.41, 5.74) is 0.0801. The standard InChI is InChI=1S/C13H19NO4S.K.H/c1-3-9-14(10-4-2)19(17,18)12-7-5-11(6-8-12)13(15)16;;/h5-8H,3-4,9-10H2,1-2H3,(H,15,16);;/q;+1;-1. The van der Waals surface area contributed by atoms with Crippen LogP contribution in [0, 0.1) is 0 Å². The SMILES string of the molecule is CCCN(CCC)S(=O)(=O)c1ccc(C(=O)O)cc1.[H-].[K+]. The molecule has 1 rings (SSSR count). The minimum atomic E-state index is -3.53. The van der Waals surface area contributed by atoms with Crippen LogP contribution in [0.15, 0.2) is 29.2 Å². The smallest absolute Gasteiger partial charge is 1.00 e. The Labute approximate surface area is 164 Å². The summed E-state index contributed by atoms with van der Waals surface area (Å²) < 4.78 is 26.2. The number of sulfonamides is 1. The summed E-state index contributed by atoms with van der Waals surface area (Å²) in [6, 6.07) is 5.31. The molecule has 20 heavy (non-hydrogen) atoms. The van der Waals surface area contributed by atoms with Gasteiger partial charge in [-0.15, -0.1) is 0 Å². The van der Waals surface area contributed by atoms with Crippen molar-refractivity contribution in [3.8, 4) is 0 Å². The molecule has 0 saturated carbocycles. The maximum absolute atomic E-state index is 12.4. The molecule has 0 heterocycles. The molecular weight excluding hydrogens is 305 g/mol. The van der Waals surface area contributed by atoms with Gasteiger partial charge in [-0.3, -0.25) is 0 Å². The summed E-state index contributed by atoms with van der Waals surface area (Å²) in [4.78, 5) is 10.9. The van der Waals surface area contributed by atoms with Crippen molar-refractivity contribution < 1.29 is 71.1 Å². The average molecular weight is 325 g/mol. The summed E-state index contributed by atoms with van der Waals surface area (Å²) in [6.45, 7) is 4.78. The third kappa shape index (κ3) is 5.21. The van der Waals surface area contributed by atoms with E-state index >= 15 is 0 Å². The van der Waals surface area contributed by atoms with E-state index in [2.05, 4.69) is 0 Å². The zero-order valence-corrected chi connectivity index (χ0v) is 16.1. The van der Waals surface area contributed by atoms with Gasteiger partial charge in [0.15, 0.2) is 0 Å². The van der Waals surface area contributed by atoms with E-state index in [0.29, 0.717) is 13.1 Å². The van der Waals surface area contributed by atoms with Crippen molar-refractivity contribution in [1.82, 2.24) is 4.31 Å². The molecule has 0 saturated heterocycles. The molecule has 1 aromatic rings. The van der Waals surface area contributed by atoms with Gasteiger partial charge in [-0.25, -0.2) is 13.2 Å². The number of carbonyl (C=O) groups is 1. The van der Waals surface area contributed by atoms with E-state index in [-0.39, 0.29) is 63.3 Å². The molecule has 108 valence electrons. The van der Waals surface area contributed by atoms with Crippen LogP contribution in [0.4, 0.5) is 0 Å². The Balaban J connectivity index is 0. The van der Waals surface area contributed by atoms with Crippen LogP contribution in [0.25, 0.3) is 0 Å². The zero-order chi connectivity index (χ0) is 14.5. The van der Waals surface area contributed by atoms with Crippen LogP contribution in [-0.2, 0) is 10.0 Å². The second kappa shape index (κ2) is 9.29. The molecule has 1 aromatic carbocycles. The van der Waals surface area contributed by atoms with Gasteiger partial charge in [-0.05, 0) is 37.1 Å². The van der Waals surface area contributed by atoms with Crippen LogP contribution in [-0.4, -0.2) is 36.9 Å². The van der Waals surface area contributed by atoms with E-state index in [1.807, 2.05) is 13.8 Å². The molecule has 0 aliphatic carbocycles. The van der Waals surface area contributed by atoms with Gasteiger partial charge in [0.05, 0.1) is 10.5 Å². The predicted octanol–water partition coefficient (Wildman–Crippen LogP) is -0.688. The van der Waals surface area contributed by atoms with Gasteiger partial charge in [0.25, 0.3) is 0 Å². The van der Waals surface area contributed by atoms with E-state index in [4.69, 9.17) is 5.11 Å². The number of hydrogen-bond donors (Lipinski definition) is 1. The van der Waals surface area contributed by atoms with Crippen LogP contribution >= 0.6 is 0 Å². The average Bonchev–Trinajstić information content (AvgIpc) is 2.38. The van der Waals surface area contributed by atoms with Gasteiger partial charge in [0.2, 0.25) is 10.0 Å². The van der Waals surface area contributed by atoms with Gasteiger partial charge in [0, 0.05) is 13.1 Å². The minimum absolute atomic E-state index is 0. The third-order valence-electron chi connectivity index (χ3n) is 2.69. The van der Waals surface area contributed by atoms with E-state index in [0.717, 1.165) is 12.8 Å². The number of carboxylic acids is 1. The normalized spacial score (nSPS) is 11.2. The molecule has 0 aromatic heterocycles. The third-order valence-corrected chi connectivity index (χ3v) is 4.60. The first-order chi connectivity index (χ1) is 8.93. The fourth-order valence-corrected chi connectivity index (χ4v) is 3.39. The molecule has 0 spiro atoms. The van der Waals surface area contributed by atoms with Crippen LogP contribution < -0.4 is 51.4 Å². The summed E-state index contributed by atoms with van der Waals surface area (Å²) in [7, 11) is -3.53. The number of aromatic carboxylic acids is 1. The second-order valence-corrected chi connectivity index (χ2v) is 6.17. The summed E-state index contributed by atoms with van der Waals surface area (Å²) >= 11 is 0. The van der Waals surface area contributed by atoms with Crippen LogP contribution in [0.5, 0.6) is 0 Å². The summed E-state index contributed by atoms with van der Waals surface area (Å²) in [5.74, 6) is -1.07.